The lowest BCUT2D eigenvalue weighted by Crippen LogP contribution is -2.31. The van der Waals surface area contributed by atoms with Gasteiger partial charge in [-0.1, -0.05) is 12.1 Å². The average molecular weight is 339 g/mol. The Bertz CT molecular complexity index is 752. The second-order valence-electron chi connectivity index (χ2n) is 6.71. The Balaban J connectivity index is 1.83. The van der Waals surface area contributed by atoms with E-state index >= 15 is 0 Å². The van der Waals surface area contributed by atoms with Crippen LogP contribution in [-0.4, -0.2) is 34.1 Å². The largest absolute Gasteiger partial charge is 0.497 e. The summed E-state index contributed by atoms with van der Waals surface area (Å²) < 4.78 is 10.7. The van der Waals surface area contributed by atoms with Gasteiger partial charge >= 0.3 is 0 Å². The van der Waals surface area contributed by atoms with Gasteiger partial charge < -0.3 is 14.4 Å². The molecule has 132 valence electrons. The minimum Gasteiger partial charge on any atom is -0.497 e. The van der Waals surface area contributed by atoms with E-state index in [0.29, 0.717) is 17.1 Å². The number of benzene rings is 2. The maximum absolute atomic E-state index is 13.1. The quantitative estimate of drug-likeness (QED) is 0.741. The highest BCUT2D eigenvalue weighted by Gasteiger charge is 2.38. The van der Waals surface area contributed by atoms with Crippen molar-refractivity contribution in [3.63, 3.8) is 0 Å². The molecule has 4 nitrogen and oxygen atoms in total. The third kappa shape index (κ3) is 3.34. The summed E-state index contributed by atoms with van der Waals surface area (Å²) in [4.78, 5) is 15.2. The van der Waals surface area contributed by atoms with Gasteiger partial charge in [0.2, 0.25) is 0 Å². The van der Waals surface area contributed by atoms with Crippen molar-refractivity contribution >= 4 is 11.5 Å². The highest BCUT2D eigenvalue weighted by molar-refractivity contribution is 6.01. The second-order valence-corrected chi connectivity index (χ2v) is 6.71. The standard InChI is InChI=1S/C21H25NO3/c1-22(2)15-7-5-14(6-8-15)17-10-11-18(17)21(23)19-13-16(24-3)9-12-20(19)25-4/h5-9,12-13,17-18H,10-11H2,1-4H3. The summed E-state index contributed by atoms with van der Waals surface area (Å²) in [6.45, 7) is 0. The average Bonchev–Trinajstić information content (AvgIpc) is 2.60. The first kappa shape index (κ1) is 17.3. The maximum Gasteiger partial charge on any atom is 0.170 e. The number of hydrogen-bond donors (Lipinski definition) is 0. The van der Waals surface area contributed by atoms with Crippen LogP contribution in [0.5, 0.6) is 11.5 Å². The van der Waals surface area contributed by atoms with Gasteiger partial charge in [0.05, 0.1) is 19.8 Å². The highest BCUT2D eigenvalue weighted by Crippen LogP contribution is 2.45. The molecule has 0 amide bonds. The van der Waals surface area contributed by atoms with Crippen molar-refractivity contribution in [3.8, 4) is 11.5 Å². The summed E-state index contributed by atoms with van der Waals surface area (Å²) in [5.41, 5.74) is 3.01. The highest BCUT2D eigenvalue weighted by atomic mass is 16.5. The Kier molecular flexibility index (Phi) is 4.98. The fourth-order valence-corrected chi connectivity index (χ4v) is 3.44. The van der Waals surface area contributed by atoms with E-state index in [0.717, 1.165) is 12.8 Å². The number of carbonyl (C=O) groups is 1. The van der Waals surface area contributed by atoms with Crippen LogP contribution in [0, 0.1) is 5.92 Å². The van der Waals surface area contributed by atoms with Crippen LogP contribution in [0.15, 0.2) is 42.5 Å². The lowest BCUT2D eigenvalue weighted by atomic mass is 9.67. The molecular weight excluding hydrogens is 314 g/mol. The Morgan fingerprint density at radius 3 is 2.24 bits per heavy atom. The molecule has 2 aromatic rings. The first-order valence-corrected chi connectivity index (χ1v) is 8.58. The Morgan fingerprint density at radius 2 is 1.72 bits per heavy atom. The molecule has 0 saturated heterocycles. The van der Waals surface area contributed by atoms with Crippen LogP contribution in [-0.2, 0) is 0 Å². The number of ether oxygens (including phenoxy) is 2. The Hall–Kier alpha value is -2.49. The van der Waals surface area contributed by atoms with Crippen LogP contribution in [0.3, 0.4) is 0 Å². The van der Waals surface area contributed by atoms with E-state index in [2.05, 4.69) is 29.2 Å². The molecule has 1 aliphatic carbocycles. The van der Waals surface area contributed by atoms with Crippen molar-refractivity contribution in [1.29, 1.82) is 0 Å². The van der Waals surface area contributed by atoms with Gasteiger partial charge in [-0.05, 0) is 54.7 Å². The number of anilines is 1. The Morgan fingerprint density at radius 1 is 1.00 bits per heavy atom. The first-order valence-electron chi connectivity index (χ1n) is 8.58. The molecule has 0 bridgehead atoms. The minimum atomic E-state index is 0.00575. The number of rotatable bonds is 6. The van der Waals surface area contributed by atoms with Crippen LogP contribution >= 0.6 is 0 Å². The topological polar surface area (TPSA) is 38.8 Å². The molecule has 0 N–H and O–H groups in total. The molecule has 3 rings (SSSR count). The van der Waals surface area contributed by atoms with E-state index in [4.69, 9.17) is 9.47 Å². The molecule has 1 fully saturated rings. The summed E-state index contributed by atoms with van der Waals surface area (Å²) in [7, 11) is 7.25. The second kappa shape index (κ2) is 7.18. The van der Waals surface area contributed by atoms with Gasteiger partial charge in [-0.15, -0.1) is 0 Å². The molecule has 2 aromatic carbocycles. The molecule has 2 atom stereocenters. The van der Waals surface area contributed by atoms with Crippen molar-refractivity contribution in [3.05, 3.63) is 53.6 Å². The first-order chi connectivity index (χ1) is 12.0. The van der Waals surface area contributed by atoms with Crippen molar-refractivity contribution in [2.45, 2.75) is 18.8 Å². The van der Waals surface area contributed by atoms with E-state index in [9.17, 15) is 4.79 Å². The molecule has 0 aromatic heterocycles. The Labute approximate surface area is 149 Å². The molecule has 4 heteroatoms. The van der Waals surface area contributed by atoms with Crippen LogP contribution in [0.25, 0.3) is 0 Å². The predicted molar refractivity (Wildman–Crippen MR) is 100 cm³/mol. The van der Waals surface area contributed by atoms with Gasteiger partial charge in [0.25, 0.3) is 0 Å². The van der Waals surface area contributed by atoms with Gasteiger partial charge in [-0.25, -0.2) is 0 Å². The SMILES string of the molecule is COc1ccc(OC)c(C(=O)C2CCC2c2ccc(N(C)C)cc2)c1. The molecule has 2 unspecified atom stereocenters. The zero-order chi connectivity index (χ0) is 18.0. The van der Waals surface area contributed by atoms with Crippen LogP contribution in [0.2, 0.25) is 0 Å². The molecule has 0 radical (unpaired) electrons. The summed E-state index contributed by atoms with van der Waals surface area (Å²) >= 11 is 0. The van der Waals surface area contributed by atoms with Crippen molar-refractivity contribution in [2.75, 3.05) is 33.2 Å². The van der Waals surface area contributed by atoms with E-state index in [1.165, 1.54) is 11.3 Å². The number of hydrogen-bond acceptors (Lipinski definition) is 4. The van der Waals surface area contributed by atoms with Gasteiger partial charge in [0.15, 0.2) is 5.78 Å². The van der Waals surface area contributed by atoms with E-state index < -0.39 is 0 Å². The molecule has 0 heterocycles. The summed E-state index contributed by atoms with van der Waals surface area (Å²) in [5.74, 6) is 1.71. The summed E-state index contributed by atoms with van der Waals surface area (Å²) in [6, 6.07) is 13.9. The molecule has 0 spiro atoms. The van der Waals surface area contributed by atoms with Crippen LogP contribution < -0.4 is 14.4 Å². The maximum atomic E-state index is 13.1. The minimum absolute atomic E-state index is 0.00575. The molecule has 0 aliphatic heterocycles. The molecule has 1 saturated carbocycles. The fourth-order valence-electron chi connectivity index (χ4n) is 3.44. The number of carbonyl (C=O) groups excluding carboxylic acids is 1. The lowest BCUT2D eigenvalue weighted by Gasteiger charge is -2.36. The molecular formula is C21H25NO3. The zero-order valence-electron chi connectivity index (χ0n) is 15.3. The van der Waals surface area contributed by atoms with Gasteiger partial charge in [0, 0.05) is 25.7 Å². The van der Waals surface area contributed by atoms with Gasteiger partial charge in [-0.3, -0.25) is 4.79 Å². The number of ketones is 1. The third-order valence-corrected chi connectivity index (χ3v) is 5.12. The van der Waals surface area contributed by atoms with Gasteiger partial charge in [0.1, 0.15) is 11.5 Å². The summed E-state index contributed by atoms with van der Waals surface area (Å²) in [5, 5.41) is 0. The lowest BCUT2D eigenvalue weighted by molar-refractivity contribution is 0.0815. The molecule has 25 heavy (non-hydrogen) atoms. The van der Waals surface area contributed by atoms with Crippen molar-refractivity contribution in [2.24, 2.45) is 5.92 Å². The van der Waals surface area contributed by atoms with Gasteiger partial charge in [-0.2, -0.15) is 0 Å². The number of Topliss-reactive ketones (excluding diaryl/α,β-unsaturated/α-hetero) is 1. The van der Waals surface area contributed by atoms with E-state index in [-0.39, 0.29) is 17.6 Å². The van der Waals surface area contributed by atoms with Crippen molar-refractivity contribution < 1.29 is 14.3 Å². The monoisotopic (exact) mass is 339 g/mol. The number of methoxy groups -OCH3 is 2. The fraction of sp³-hybridized carbons (Fsp3) is 0.381. The van der Waals surface area contributed by atoms with Crippen molar-refractivity contribution in [1.82, 2.24) is 0 Å². The van der Waals surface area contributed by atoms with E-state index in [1.807, 2.05) is 20.2 Å². The summed E-state index contributed by atoms with van der Waals surface area (Å²) in [6.07, 6.45) is 1.96. The number of nitrogens with zero attached hydrogens (tertiary/aromatic N) is 1. The normalized spacial score (nSPS) is 19.0. The van der Waals surface area contributed by atoms with Crippen LogP contribution in [0.1, 0.15) is 34.7 Å². The smallest absolute Gasteiger partial charge is 0.170 e. The predicted octanol–water partition coefficient (Wildman–Crippen LogP) is 4.15. The zero-order valence-corrected chi connectivity index (χ0v) is 15.3. The third-order valence-electron chi connectivity index (χ3n) is 5.12. The van der Waals surface area contributed by atoms with Crippen LogP contribution in [0.4, 0.5) is 5.69 Å². The van der Waals surface area contributed by atoms with E-state index in [1.54, 1.807) is 26.4 Å². The molecule has 1 aliphatic rings.